The highest BCUT2D eigenvalue weighted by atomic mass is 16.5. The zero-order chi connectivity index (χ0) is 22.3. The van der Waals surface area contributed by atoms with Gasteiger partial charge < -0.3 is 9.84 Å². The van der Waals surface area contributed by atoms with E-state index in [1.165, 1.54) is 53.6 Å². The lowest BCUT2D eigenvalue weighted by molar-refractivity contribution is -0.0580. The number of aromatic nitrogens is 1. The van der Waals surface area contributed by atoms with Crippen LogP contribution in [0.4, 0.5) is 0 Å². The molecule has 1 aliphatic heterocycles. The molecular formula is C29H37NO2. The molecular weight excluding hydrogens is 394 g/mol. The van der Waals surface area contributed by atoms with Gasteiger partial charge in [0.1, 0.15) is 6.10 Å². The third-order valence-electron chi connectivity index (χ3n) is 8.41. The molecule has 6 rings (SSSR count). The normalized spacial score (nSPS) is 27.7. The first-order valence-electron chi connectivity index (χ1n) is 12.8. The summed E-state index contributed by atoms with van der Waals surface area (Å²) in [5.41, 5.74) is 8.54. The molecule has 2 heterocycles. The van der Waals surface area contributed by atoms with Gasteiger partial charge in [-0.1, -0.05) is 64.8 Å². The molecule has 1 spiro atoms. The first-order chi connectivity index (χ1) is 15.3. The van der Waals surface area contributed by atoms with E-state index < -0.39 is 6.10 Å². The Kier molecular flexibility index (Phi) is 4.66. The third kappa shape index (κ3) is 3.19. The number of nitrogens with zero attached hydrogens (tertiary/aromatic N) is 1. The second-order valence-electron chi connectivity index (χ2n) is 12.0. The van der Waals surface area contributed by atoms with E-state index in [9.17, 15) is 5.11 Å². The van der Waals surface area contributed by atoms with Gasteiger partial charge in [-0.05, 0) is 72.5 Å². The summed E-state index contributed by atoms with van der Waals surface area (Å²) in [6.07, 6.45) is 8.36. The van der Waals surface area contributed by atoms with Gasteiger partial charge in [0.25, 0.3) is 0 Å². The van der Waals surface area contributed by atoms with Crippen molar-refractivity contribution < 1.29 is 9.84 Å². The van der Waals surface area contributed by atoms with Gasteiger partial charge in [-0.3, -0.25) is 4.98 Å². The summed E-state index contributed by atoms with van der Waals surface area (Å²) >= 11 is 0. The van der Waals surface area contributed by atoms with E-state index in [0.717, 1.165) is 42.9 Å². The molecule has 3 nitrogen and oxygen atoms in total. The molecule has 2 fully saturated rings. The van der Waals surface area contributed by atoms with Crippen molar-refractivity contribution in [1.29, 1.82) is 0 Å². The van der Waals surface area contributed by atoms with Crippen molar-refractivity contribution in [3.8, 4) is 0 Å². The maximum Gasteiger partial charge on any atom is 0.111 e. The predicted molar refractivity (Wildman–Crippen MR) is 127 cm³/mol. The van der Waals surface area contributed by atoms with Crippen molar-refractivity contribution in [2.45, 2.75) is 109 Å². The van der Waals surface area contributed by atoms with Crippen LogP contribution in [0.25, 0.3) is 0 Å². The molecule has 1 N–H and O–H groups in total. The number of rotatable bonds is 3. The summed E-state index contributed by atoms with van der Waals surface area (Å²) in [7, 11) is 0. The van der Waals surface area contributed by atoms with Gasteiger partial charge >= 0.3 is 0 Å². The minimum Gasteiger partial charge on any atom is -0.388 e. The Morgan fingerprint density at radius 3 is 2.28 bits per heavy atom. The zero-order valence-electron chi connectivity index (χ0n) is 20.1. The maximum absolute atomic E-state index is 11.4. The van der Waals surface area contributed by atoms with E-state index in [0.29, 0.717) is 5.92 Å². The van der Waals surface area contributed by atoms with Crippen LogP contribution in [0, 0.1) is 5.41 Å². The van der Waals surface area contributed by atoms with Gasteiger partial charge in [0.05, 0.1) is 11.7 Å². The molecule has 1 aromatic heterocycles. The Hall–Kier alpha value is -1.71. The van der Waals surface area contributed by atoms with Crippen LogP contribution in [0.2, 0.25) is 0 Å². The third-order valence-corrected chi connectivity index (χ3v) is 8.41. The number of hydrogen-bond donors (Lipinski definition) is 1. The Balaban J connectivity index is 1.56. The fourth-order valence-corrected chi connectivity index (χ4v) is 6.78. The molecule has 32 heavy (non-hydrogen) atoms. The molecule has 0 amide bonds. The summed E-state index contributed by atoms with van der Waals surface area (Å²) in [4.78, 5) is 5.28. The van der Waals surface area contributed by atoms with Crippen molar-refractivity contribution in [2.75, 3.05) is 0 Å². The number of aliphatic hydroxyl groups is 1. The van der Waals surface area contributed by atoms with Gasteiger partial charge in [0.15, 0.2) is 0 Å². The largest absolute Gasteiger partial charge is 0.388 e. The Labute approximate surface area is 192 Å². The van der Waals surface area contributed by atoms with E-state index in [-0.39, 0.29) is 17.1 Å². The predicted octanol–water partition coefficient (Wildman–Crippen LogP) is 6.98. The second-order valence-corrected chi connectivity index (χ2v) is 12.0. The van der Waals surface area contributed by atoms with Gasteiger partial charge in [0, 0.05) is 22.5 Å². The van der Waals surface area contributed by atoms with Gasteiger partial charge in [0.2, 0.25) is 0 Å². The molecule has 2 atom stereocenters. The average Bonchev–Trinajstić information content (AvgIpc) is 3.40. The van der Waals surface area contributed by atoms with Crippen molar-refractivity contribution >= 4 is 0 Å². The van der Waals surface area contributed by atoms with E-state index >= 15 is 0 Å². The number of ether oxygens (including phenoxy) is 1. The highest BCUT2D eigenvalue weighted by Gasteiger charge is 2.52. The molecule has 170 valence electrons. The van der Waals surface area contributed by atoms with Crippen LogP contribution in [0.3, 0.4) is 0 Å². The number of aliphatic hydroxyl groups excluding tert-OH is 1. The fourth-order valence-electron chi connectivity index (χ4n) is 6.78. The standard InChI is InChI=1S/C29H37NO2/c1-17(2)26-24-25(23-21(30-26)15-28(3,4)16-22(23)31)29(13-5-6-14-29)32-27(24)20-11-9-19(10-12-20)18-7-8-18/h9-12,17-18,22,27,31H,5-8,13-16H2,1-4H3/t22-,27?/m0/s1. The van der Waals surface area contributed by atoms with E-state index in [4.69, 9.17) is 9.72 Å². The van der Waals surface area contributed by atoms with Gasteiger partial charge in [-0.15, -0.1) is 0 Å². The molecule has 0 saturated heterocycles. The summed E-state index contributed by atoms with van der Waals surface area (Å²) in [6.45, 7) is 9.03. The fraction of sp³-hybridized carbons (Fsp3) is 0.621. The zero-order valence-corrected chi connectivity index (χ0v) is 20.1. The quantitative estimate of drug-likeness (QED) is 0.570. The minimum atomic E-state index is -0.451. The number of hydrogen-bond acceptors (Lipinski definition) is 3. The van der Waals surface area contributed by atoms with Crippen LogP contribution in [-0.4, -0.2) is 10.1 Å². The first-order valence-corrected chi connectivity index (χ1v) is 12.8. The van der Waals surface area contributed by atoms with Crippen LogP contribution in [-0.2, 0) is 16.8 Å². The lowest BCUT2D eigenvalue weighted by atomic mass is 9.70. The lowest BCUT2D eigenvalue weighted by Gasteiger charge is -2.38. The molecule has 1 unspecified atom stereocenters. The van der Waals surface area contributed by atoms with Crippen molar-refractivity contribution in [1.82, 2.24) is 4.98 Å². The van der Waals surface area contributed by atoms with Crippen LogP contribution >= 0.6 is 0 Å². The van der Waals surface area contributed by atoms with E-state index in [1.54, 1.807) is 0 Å². The maximum atomic E-state index is 11.4. The molecule has 1 aromatic carbocycles. The van der Waals surface area contributed by atoms with Crippen molar-refractivity contribution in [2.24, 2.45) is 5.41 Å². The highest BCUT2D eigenvalue weighted by Crippen LogP contribution is 2.59. The monoisotopic (exact) mass is 431 g/mol. The van der Waals surface area contributed by atoms with E-state index in [2.05, 4.69) is 52.0 Å². The topological polar surface area (TPSA) is 42.4 Å². The number of benzene rings is 1. The summed E-state index contributed by atoms with van der Waals surface area (Å²) < 4.78 is 7.09. The molecule has 2 saturated carbocycles. The van der Waals surface area contributed by atoms with Crippen LogP contribution in [0.1, 0.15) is 136 Å². The summed E-state index contributed by atoms with van der Waals surface area (Å²) in [6, 6.07) is 9.21. The molecule has 3 heteroatoms. The SMILES string of the molecule is CC(C)c1nc2c(c3c1C(c1ccc(C4CC4)cc1)OC31CCCC1)[C@@H](O)CC(C)(C)C2. The molecule has 2 aromatic rings. The Morgan fingerprint density at radius 1 is 1.00 bits per heavy atom. The minimum absolute atomic E-state index is 0.0717. The van der Waals surface area contributed by atoms with Gasteiger partial charge in [-0.25, -0.2) is 0 Å². The Bertz CT molecular complexity index is 1040. The van der Waals surface area contributed by atoms with E-state index in [1.807, 2.05) is 0 Å². The molecule has 0 bridgehead atoms. The smallest absolute Gasteiger partial charge is 0.111 e. The van der Waals surface area contributed by atoms with Crippen LogP contribution < -0.4 is 0 Å². The lowest BCUT2D eigenvalue weighted by Crippen LogP contribution is -2.32. The van der Waals surface area contributed by atoms with Crippen LogP contribution in [0.5, 0.6) is 0 Å². The summed E-state index contributed by atoms with van der Waals surface area (Å²) in [5.74, 6) is 1.09. The van der Waals surface area contributed by atoms with Crippen molar-refractivity contribution in [3.05, 3.63) is 63.5 Å². The Morgan fingerprint density at radius 2 is 1.66 bits per heavy atom. The van der Waals surface area contributed by atoms with Gasteiger partial charge in [-0.2, -0.15) is 0 Å². The second kappa shape index (κ2) is 7.14. The average molecular weight is 432 g/mol. The molecule has 0 radical (unpaired) electrons. The summed E-state index contributed by atoms with van der Waals surface area (Å²) in [5, 5.41) is 11.4. The highest BCUT2D eigenvalue weighted by molar-refractivity contribution is 5.54. The number of pyridine rings is 1. The molecule has 3 aliphatic carbocycles. The first kappa shape index (κ1) is 20.9. The molecule has 4 aliphatic rings. The van der Waals surface area contributed by atoms with Crippen molar-refractivity contribution in [3.63, 3.8) is 0 Å². The van der Waals surface area contributed by atoms with Crippen LogP contribution in [0.15, 0.2) is 24.3 Å². The number of fused-ring (bicyclic) bond motifs is 4.